The summed E-state index contributed by atoms with van der Waals surface area (Å²) in [5, 5.41) is 5.50. The van der Waals surface area contributed by atoms with Gasteiger partial charge >= 0.3 is 0 Å². The van der Waals surface area contributed by atoms with Crippen LogP contribution in [0.1, 0.15) is 39.8 Å². The van der Waals surface area contributed by atoms with E-state index in [-0.39, 0.29) is 5.54 Å². The lowest BCUT2D eigenvalue weighted by Gasteiger charge is -2.35. The van der Waals surface area contributed by atoms with Crippen molar-refractivity contribution in [1.29, 1.82) is 0 Å². The van der Waals surface area contributed by atoms with Gasteiger partial charge in [-0.1, -0.05) is 13.8 Å². The number of nitrogens with zero attached hydrogens (tertiary/aromatic N) is 3. The summed E-state index contributed by atoms with van der Waals surface area (Å²) in [6.07, 6.45) is 3.20. The number of fused-ring (bicyclic) bond motifs is 1. The maximum absolute atomic E-state index is 4.81. The van der Waals surface area contributed by atoms with Crippen LogP contribution in [0.2, 0.25) is 0 Å². The quantitative estimate of drug-likeness (QED) is 0.882. The first kappa shape index (κ1) is 14.3. The highest BCUT2D eigenvalue weighted by molar-refractivity contribution is 7.15. The third-order valence-corrected chi connectivity index (χ3v) is 4.73. The van der Waals surface area contributed by atoms with Crippen LogP contribution in [0.25, 0.3) is 4.96 Å². The van der Waals surface area contributed by atoms with E-state index in [4.69, 9.17) is 4.98 Å². The third kappa shape index (κ3) is 2.62. The van der Waals surface area contributed by atoms with Gasteiger partial charge < -0.3 is 10.2 Å². The molecular formula is C14H24N4S. The Hall–Kier alpha value is -1.07. The van der Waals surface area contributed by atoms with Gasteiger partial charge in [0.25, 0.3) is 0 Å². The van der Waals surface area contributed by atoms with Crippen LogP contribution in [0.5, 0.6) is 0 Å². The molecule has 2 aromatic heterocycles. The molecule has 5 heteroatoms. The molecule has 1 N–H and O–H groups in total. The summed E-state index contributed by atoms with van der Waals surface area (Å²) in [5.74, 6) is 1.10. The Kier molecular flexibility index (Phi) is 4.16. The molecule has 0 bridgehead atoms. The normalized spacial score (nSPS) is 12.3. The Morgan fingerprint density at radius 2 is 2.16 bits per heavy atom. The van der Waals surface area contributed by atoms with Gasteiger partial charge in [-0.05, 0) is 26.8 Å². The summed E-state index contributed by atoms with van der Waals surface area (Å²) in [5.41, 5.74) is 1.37. The molecule has 0 aliphatic carbocycles. The fraction of sp³-hybridized carbons (Fsp3) is 0.643. The Balaban J connectivity index is 2.43. The number of imidazole rings is 1. The topological polar surface area (TPSA) is 32.6 Å². The second-order valence-corrected chi connectivity index (χ2v) is 6.32. The zero-order chi connectivity index (χ0) is 14.0. The fourth-order valence-electron chi connectivity index (χ4n) is 2.02. The Bertz CT molecular complexity index is 541. The third-order valence-electron chi connectivity index (χ3n) is 3.97. The lowest BCUT2D eigenvalue weighted by molar-refractivity contribution is 0.466. The van der Waals surface area contributed by atoms with Gasteiger partial charge in [-0.15, -0.1) is 11.3 Å². The average Bonchev–Trinajstić information content (AvgIpc) is 2.96. The minimum absolute atomic E-state index is 0.116. The van der Waals surface area contributed by atoms with Crippen LogP contribution >= 0.6 is 11.3 Å². The molecule has 0 aliphatic rings. The van der Waals surface area contributed by atoms with E-state index in [1.54, 1.807) is 11.3 Å². The van der Waals surface area contributed by atoms with Gasteiger partial charge in [0, 0.05) is 30.7 Å². The molecule has 0 amide bonds. The van der Waals surface area contributed by atoms with Gasteiger partial charge in [-0.25, -0.2) is 4.98 Å². The van der Waals surface area contributed by atoms with Gasteiger partial charge in [-0.3, -0.25) is 4.40 Å². The summed E-state index contributed by atoms with van der Waals surface area (Å²) < 4.78 is 2.20. The van der Waals surface area contributed by atoms with Gasteiger partial charge in [0.15, 0.2) is 10.8 Å². The fourth-order valence-corrected chi connectivity index (χ4v) is 2.75. The predicted molar refractivity (Wildman–Crippen MR) is 83.2 cm³/mol. The molecule has 19 heavy (non-hydrogen) atoms. The van der Waals surface area contributed by atoms with E-state index in [1.165, 1.54) is 5.69 Å². The van der Waals surface area contributed by atoms with E-state index in [0.29, 0.717) is 0 Å². The summed E-state index contributed by atoms with van der Waals surface area (Å²) in [6, 6.07) is 0. The number of hydrogen-bond acceptors (Lipinski definition) is 4. The van der Waals surface area contributed by atoms with Crippen LogP contribution in [0.15, 0.2) is 11.6 Å². The molecule has 106 valence electrons. The first-order valence-corrected chi connectivity index (χ1v) is 7.78. The monoisotopic (exact) mass is 280 g/mol. The Morgan fingerprint density at radius 1 is 1.42 bits per heavy atom. The van der Waals surface area contributed by atoms with Crippen molar-refractivity contribution >= 4 is 22.1 Å². The second-order valence-electron chi connectivity index (χ2n) is 5.44. The zero-order valence-corrected chi connectivity index (χ0v) is 13.3. The molecule has 4 nitrogen and oxygen atoms in total. The molecular weight excluding hydrogens is 256 g/mol. The standard InChI is InChI=1S/C14H24N4S/c1-6-14(3,4)17(5)12-11(10-15-7-2)18-8-9-19-13(18)16-12/h8-9,15H,6-7,10H2,1-5H3. The minimum Gasteiger partial charge on any atom is -0.353 e. The first-order chi connectivity index (χ1) is 9.01. The van der Waals surface area contributed by atoms with Crippen LogP contribution < -0.4 is 10.2 Å². The smallest absolute Gasteiger partial charge is 0.195 e. The van der Waals surface area contributed by atoms with Crippen molar-refractivity contribution in [3.63, 3.8) is 0 Å². The highest BCUT2D eigenvalue weighted by atomic mass is 32.1. The molecule has 2 aromatic rings. The Morgan fingerprint density at radius 3 is 2.79 bits per heavy atom. The van der Waals surface area contributed by atoms with Crippen LogP contribution in [-0.2, 0) is 6.54 Å². The average molecular weight is 280 g/mol. The van der Waals surface area contributed by atoms with Crippen LogP contribution in [-0.4, -0.2) is 28.5 Å². The lowest BCUT2D eigenvalue weighted by atomic mass is 10.00. The molecule has 0 spiro atoms. The summed E-state index contributed by atoms with van der Waals surface area (Å²) in [6.45, 7) is 10.7. The molecule has 2 heterocycles. The highest BCUT2D eigenvalue weighted by Crippen LogP contribution is 2.29. The molecule has 0 unspecified atom stereocenters. The molecule has 0 atom stereocenters. The molecule has 0 saturated carbocycles. The van der Waals surface area contributed by atoms with E-state index in [0.717, 1.165) is 30.3 Å². The van der Waals surface area contributed by atoms with Crippen molar-refractivity contribution < 1.29 is 0 Å². The van der Waals surface area contributed by atoms with Gasteiger partial charge in [0.1, 0.15) is 0 Å². The number of hydrogen-bond donors (Lipinski definition) is 1. The van der Waals surface area contributed by atoms with Gasteiger partial charge in [0.2, 0.25) is 0 Å². The maximum atomic E-state index is 4.81. The van der Waals surface area contributed by atoms with Crippen molar-refractivity contribution in [3.05, 3.63) is 17.3 Å². The lowest BCUT2D eigenvalue weighted by Crippen LogP contribution is -2.41. The molecule has 0 fully saturated rings. The summed E-state index contributed by atoms with van der Waals surface area (Å²) in [7, 11) is 2.14. The van der Waals surface area contributed by atoms with Gasteiger partial charge in [-0.2, -0.15) is 0 Å². The van der Waals surface area contributed by atoms with Crippen molar-refractivity contribution in [2.24, 2.45) is 0 Å². The minimum atomic E-state index is 0.116. The molecule has 0 aliphatic heterocycles. The van der Waals surface area contributed by atoms with E-state index in [9.17, 15) is 0 Å². The SMILES string of the molecule is CCNCc1c(N(C)C(C)(C)CC)nc2sccn12. The zero-order valence-electron chi connectivity index (χ0n) is 12.5. The number of aromatic nitrogens is 2. The summed E-state index contributed by atoms with van der Waals surface area (Å²) in [4.78, 5) is 8.18. The Labute approximate surface area is 119 Å². The van der Waals surface area contributed by atoms with Crippen LogP contribution in [0, 0.1) is 0 Å². The number of thiazole rings is 1. The molecule has 2 rings (SSSR count). The number of nitrogens with one attached hydrogen (secondary N) is 1. The molecule has 0 saturated heterocycles. The van der Waals surface area contributed by atoms with Crippen LogP contribution in [0.4, 0.5) is 5.82 Å². The molecule has 0 aromatic carbocycles. The number of rotatable bonds is 6. The van der Waals surface area contributed by atoms with Crippen molar-refractivity contribution in [2.45, 2.75) is 46.2 Å². The van der Waals surface area contributed by atoms with E-state index >= 15 is 0 Å². The van der Waals surface area contributed by atoms with Gasteiger partial charge in [0.05, 0.1) is 5.69 Å². The van der Waals surface area contributed by atoms with Crippen LogP contribution in [0.3, 0.4) is 0 Å². The second kappa shape index (κ2) is 5.51. The van der Waals surface area contributed by atoms with Crippen molar-refractivity contribution in [1.82, 2.24) is 14.7 Å². The van der Waals surface area contributed by atoms with E-state index in [1.807, 2.05) is 0 Å². The van der Waals surface area contributed by atoms with Crippen molar-refractivity contribution in [3.8, 4) is 0 Å². The highest BCUT2D eigenvalue weighted by Gasteiger charge is 2.26. The number of anilines is 1. The predicted octanol–water partition coefficient (Wildman–Crippen LogP) is 3.13. The molecule has 0 radical (unpaired) electrons. The van der Waals surface area contributed by atoms with E-state index in [2.05, 4.69) is 60.9 Å². The van der Waals surface area contributed by atoms with E-state index < -0.39 is 0 Å². The maximum Gasteiger partial charge on any atom is 0.195 e. The summed E-state index contributed by atoms with van der Waals surface area (Å²) >= 11 is 1.69. The first-order valence-electron chi connectivity index (χ1n) is 6.90. The van der Waals surface area contributed by atoms with Crippen molar-refractivity contribution in [2.75, 3.05) is 18.5 Å². The largest absolute Gasteiger partial charge is 0.353 e.